The quantitative estimate of drug-likeness (QED) is 0.574. The topological polar surface area (TPSA) is 0 Å². The molecule has 0 aromatic rings. The van der Waals surface area contributed by atoms with E-state index in [9.17, 15) is 0 Å². The third-order valence-electron chi connectivity index (χ3n) is 1.72. The van der Waals surface area contributed by atoms with Crippen LogP contribution in [0.3, 0.4) is 0 Å². The van der Waals surface area contributed by atoms with Crippen LogP contribution in [-0.4, -0.2) is 25.4 Å². The van der Waals surface area contributed by atoms with Gasteiger partial charge in [-0.1, -0.05) is 38.4 Å². The van der Waals surface area contributed by atoms with Crippen molar-refractivity contribution in [2.75, 3.05) is 0 Å². The summed E-state index contributed by atoms with van der Waals surface area (Å²) in [6, 6.07) is 0. The maximum atomic E-state index is 2.51. The zero-order chi connectivity index (χ0) is 7.49. The van der Waals surface area contributed by atoms with Crippen LogP contribution in [0.2, 0.25) is 38.4 Å². The standard InChI is InChI=1S/C6H17Si3/c1-7-6-8(2)9(3,4)5/h6H2,1-5H3. The van der Waals surface area contributed by atoms with Crippen LogP contribution in [0.25, 0.3) is 0 Å². The van der Waals surface area contributed by atoms with E-state index in [1.807, 2.05) is 0 Å². The molecule has 53 valence electrons. The molecule has 0 aromatic heterocycles. The summed E-state index contributed by atoms with van der Waals surface area (Å²) in [7, 11) is 0.614. The molecule has 0 rings (SSSR count). The second-order valence-corrected chi connectivity index (χ2v) is 18.8. The van der Waals surface area contributed by atoms with Crippen molar-refractivity contribution in [3.05, 3.63) is 0 Å². The van der Waals surface area contributed by atoms with E-state index in [1.165, 1.54) is 9.52 Å². The van der Waals surface area contributed by atoms with Crippen LogP contribution in [0, 0.1) is 0 Å². The molecule has 0 aliphatic heterocycles. The van der Waals surface area contributed by atoms with Crippen LogP contribution in [0.4, 0.5) is 0 Å². The number of hydrogen-bond acceptors (Lipinski definition) is 0. The summed E-state index contributed by atoms with van der Waals surface area (Å²) in [5, 5.41) is 0. The molecule has 0 saturated heterocycles. The second kappa shape index (κ2) is 3.73. The Bertz CT molecular complexity index is 74.9. The van der Waals surface area contributed by atoms with Gasteiger partial charge in [0, 0.05) is 25.4 Å². The van der Waals surface area contributed by atoms with Gasteiger partial charge in [0.05, 0.1) is 0 Å². The maximum Gasteiger partial charge on any atom is 0.0353 e. The molecule has 3 heteroatoms. The molecule has 0 aromatic carbocycles. The number of hydrogen-bond donors (Lipinski definition) is 0. The van der Waals surface area contributed by atoms with Gasteiger partial charge < -0.3 is 0 Å². The minimum atomic E-state index is -0.673. The highest BCUT2D eigenvalue weighted by Gasteiger charge is 2.22. The Hall–Kier alpha value is 0.651. The van der Waals surface area contributed by atoms with Crippen LogP contribution in [0.15, 0.2) is 0 Å². The lowest BCUT2D eigenvalue weighted by Crippen LogP contribution is -2.40. The molecule has 3 radical (unpaired) electrons. The molecule has 0 N–H and O–H groups in total. The van der Waals surface area contributed by atoms with Gasteiger partial charge in [-0.3, -0.25) is 0 Å². The summed E-state index contributed by atoms with van der Waals surface area (Å²) in [5.74, 6) is 0. The fourth-order valence-electron chi connectivity index (χ4n) is 0.530. The van der Waals surface area contributed by atoms with Crippen LogP contribution in [0.5, 0.6) is 0 Å². The average molecular weight is 173 g/mol. The summed E-state index contributed by atoms with van der Waals surface area (Å²) >= 11 is 0. The molecule has 0 unspecified atom stereocenters. The van der Waals surface area contributed by atoms with Gasteiger partial charge in [-0.2, -0.15) is 0 Å². The summed E-state index contributed by atoms with van der Waals surface area (Å²) < 4.78 is 0. The number of rotatable bonds is 3. The first-order valence-corrected chi connectivity index (χ1v) is 11.9. The Kier molecular flexibility index (Phi) is 4.00. The highest BCUT2D eigenvalue weighted by Crippen LogP contribution is 2.08. The fourth-order valence-corrected chi connectivity index (χ4v) is 11.1. The van der Waals surface area contributed by atoms with Crippen molar-refractivity contribution in [1.82, 2.24) is 0 Å². The third-order valence-corrected chi connectivity index (χ3v) is 17.1. The third kappa shape index (κ3) is 4.11. The van der Waals surface area contributed by atoms with E-state index in [1.54, 1.807) is 5.67 Å². The smallest absolute Gasteiger partial charge is 0.0353 e. The predicted octanol–water partition coefficient (Wildman–Crippen LogP) is 2.24. The van der Waals surface area contributed by atoms with Crippen molar-refractivity contribution in [1.29, 1.82) is 0 Å². The van der Waals surface area contributed by atoms with Crippen molar-refractivity contribution in [2.45, 2.75) is 38.4 Å². The van der Waals surface area contributed by atoms with Gasteiger partial charge in [-0.15, -0.1) is 0 Å². The van der Waals surface area contributed by atoms with E-state index >= 15 is 0 Å². The first-order valence-electron chi connectivity index (χ1n) is 3.46. The Balaban J connectivity index is 3.59. The molecule has 0 heterocycles. The molecule has 0 atom stereocenters. The molecule has 0 amide bonds. The first kappa shape index (κ1) is 9.65. The second-order valence-electron chi connectivity index (χ2n) is 3.56. The van der Waals surface area contributed by atoms with Crippen LogP contribution in [0.1, 0.15) is 0 Å². The molecule has 0 nitrogen and oxygen atoms in total. The van der Waals surface area contributed by atoms with E-state index in [0.717, 1.165) is 0 Å². The van der Waals surface area contributed by atoms with Gasteiger partial charge in [0.25, 0.3) is 0 Å². The highest BCUT2D eigenvalue weighted by molar-refractivity contribution is 7.32. The molecule has 0 spiro atoms. The molecule has 9 heavy (non-hydrogen) atoms. The zero-order valence-electron chi connectivity index (χ0n) is 7.21. The summed E-state index contributed by atoms with van der Waals surface area (Å²) in [6.45, 7) is 12.3. The Labute approximate surface area is 64.3 Å². The Morgan fingerprint density at radius 3 is 1.89 bits per heavy atom. The lowest BCUT2D eigenvalue weighted by Gasteiger charge is -2.22. The van der Waals surface area contributed by atoms with E-state index in [4.69, 9.17) is 0 Å². The zero-order valence-corrected chi connectivity index (χ0v) is 10.2. The minimum absolute atomic E-state index is 0.0952. The van der Waals surface area contributed by atoms with Crippen molar-refractivity contribution in [2.24, 2.45) is 0 Å². The molecular weight excluding hydrogens is 156 g/mol. The maximum absolute atomic E-state index is 2.51. The summed E-state index contributed by atoms with van der Waals surface area (Å²) in [4.78, 5) is 0. The lowest BCUT2D eigenvalue weighted by molar-refractivity contribution is 1.76. The predicted molar refractivity (Wildman–Crippen MR) is 51.4 cm³/mol. The molecular formula is C6H17Si3. The fraction of sp³-hybridized carbons (Fsp3) is 1.00. The van der Waals surface area contributed by atoms with E-state index in [0.29, 0.717) is 0 Å². The van der Waals surface area contributed by atoms with Gasteiger partial charge in [0.15, 0.2) is 0 Å². The van der Waals surface area contributed by atoms with E-state index in [-0.39, 0.29) is 8.31 Å². The van der Waals surface area contributed by atoms with Crippen LogP contribution < -0.4 is 0 Å². The van der Waals surface area contributed by atoms with Crippen LogP contribution in [-0.2, 0) is 0 Å². The Morgan fingerprint density at radius 2 is 1.78 bits per heavy atom. The highest BCUT2D eigenvalue weighted by atomic mass is 29.2. The normalized spacial score (nSPS) is 12.7. The van der Waals surface area contributed by atoms with Gasteiger partial charge in [-0.25, -0.2) is 0 Å². The van der Waals surface area contributed by atoms with Crippen molar-refractivity contribution < 1.29 is 0 Å². The molecule has 0 aliphatic carbocycles. The van der Waals surface area contributed by atoms with Crippen molar-refractivity contribution >= 4 is 25.4 Å². The SMILES string of the molecule is C[Si]C[Si](C)[Si](C)(C)C. The monoisotopic (exact) mass is 173 g/mol. The minimum Gasteiger partial charge on any atom is -0.0735 e. The lowest BCUT2D eigenvalue weighted by atomic mass is 11.8. The summed E-state index contributed by atoms with van der Waals surface area (Å²) in [5.41, 5.74) is 1.56. The van der Waals surface area contributed by atoms with Gasteiger partial charge in [0.2, 0.25) is 0 Å². The van der Waals surface area contributed by atoms with Gasteiger partial charge in [0.1, 0.15) is 0 Å². The molecule has 0 aliphatic rings. The largest absolute Gasteiger partial charge is 0.0735 e. The van der Waals surface area contributed by atoms with Gasteiger partial charge in [-0.05, 0) is 0 Å². The molecule has 0 fully saturated rings. The van der Waals surface area contributed by atoms with Gasteiger partial charge >= 0.3 is 0 Å². The Morgan fingerprint density at radius 1 is 1.33 bits per heavy atom. The van der Waals surface area contributed by atoms with Crippen LogP contribution >= 0.6 is 0 Å². The first-order chi connectivity index (χ1) is 3.98. The van der Waals surface area contributed by atoms with E-state index in [2.05, 4.69) is 32.7 Å². The molecule has 0 saturated carbocycles. The summed E-state index contributed by atoms with van der Waals surface area (Å²) in [6.07, 6.45) is 0. The average Bonchev–Trinajstić information content (AvgIpc) is 1.64. The van der Waals surface area contributed by atoms with Crippen molar-refractivity contribution in [3.8, 4) is 0 Å². The van der Waals surface area contributed by atoms with Crippen molar-refractivity contribution in [3.63, 3.8) is 0 Å². The van der Waals surface area contributed by atoms with E-state index < -0.39 is 7.59 Å². The molecule has 0 bridgehead atoms.